The van der Waals surface area contributed by atoms with Gasteiger partial charge in [0.1, 0.15) is 23.0 Å². The number of aromatic nitrogens is 2. The number of rotatable bonds is 5. The molecular weight excluding hydrogens is 351 g/mol. The van der Waals surface area contributed by atoms with Crippen molar-refractivity contribution in [2.24, 2.45) is 11.8 Å². The van der Waals surface area contributed by atoms with E-state index in [0.717, 1.165) is 23.9 Å². The molecule has 26 heavy (non-hydrogen) atoms. The van der Waals surface area contributed by atoms with Crippen molar-refractivity contribution in [1.29, 1.82) is 0 Å². The molecule has 0 spiro atoms. The van der Waals surface area contributed by atoms with Crippen LogP contribution >= 0.6 is 11.8 Å². The van der Waals surface area contributed by atoms with Gasteiger partial charge in [-0.3, -0.25) is 4.79 Å². The predicted octanol–water partition coefficient (Wildman–Crippen LogP) is 3.83. The fourth-order valence-electron chi connectivity index (χ4n) is 3.32. The van der Waals surface area contributed by atoms with E-state index in [9.17, 15) is 9.18 Å². The number of amides is 1. The summed E-state index contributed by atoms with van der Waals surface area (Å²) in [5, 5.41) is 3.32. The summed E-state index contributed by atoms with van der Waals surface area (Å²) in [6.45, 7) is 6.48. The molecule has 3 rings (SSSR count). The van der Waals surface area contributed by atoms with Gasteiger partial charge in [0.15, 0.2) is 0 Å². The van der Waals surface area contributed by atoms with Crippen LogP contribution in [0.15, 0.2) is 41.7 Å². The second-order valence-electron chi connectivity index (χ2n) is 6.88. The zero-order chi connectivity index (χ0) is 18.5. The number of anilines is 2. The molecule has 0 bridgehead atoms. The SMILES string of the molecule is C[C@@H]1C[C@@H](C)CN(c2cc(SCC(=O)Nc3ccccc3F)ncn2)C1. The molecule has 1 aromatic heterocycles. The Morgan fingerprint density at radius 3 is 2.73 bits per heavy atom. The van der Waals surface area contributed by atoms with Crippen molar-refractivity contribution in [1.82, 2.24) is 9.97 Å². The molecule has 1 amide bonds. The largest absolute Gasteiger partial charge is 0.356 e. The molecule has 1 N–H and O–H groups in total. The Morgan fingerprint density at radius 2 is 2.00 bits per heavy atom. The quantitative estimate of drug-likeness (QED) is 0.637. The van der Waals surface area contributed by atoms with Gasteiger partial charge in [0, 0.05) is 19.2 Å². The molecule has 1 aromatic carbocycles. The number of carbonyl (C=O) groups is 1. The minimum atomic E-state index is -0.441. The number of para-hydroxylation sites is 1. The van der Waals surface area contributed by atoms with Crippen molar-refractivity contribution in [3.63, 3.8) is 0 Å². The Bertz CT molecular complexity index is 763. The van der Waals surface area contributed by atoms with Crippen LogP contribution < -0.4 is 10.2 Å². The molecule has 138 valence electrons. The van der Waals surface area contributed by atoms with Gasteiger partial charge in [-0.2, -0.15) is 0 Å². The molecule has 1 saturated heterocycles. The van der Waals surface area contributed by atoms with Crippen LogP contribution in [0.4, 0.5) is 15.9 Å². The summed E-state index contributed by atoms with van der Waals surface area (Å²) in [7, 11) is 0. The van der Waals surface area contributed by atoms with Gasteiger partial charge < -0.3 is 10.2 Å². The van der Waals surface area contributed by atoms with E-state index in [1.54, 1.807) is 18.2 Å². The van der Waals surface area contributed by atoms with Gasteiger partial charge >= 0.3 is 0 Å². The fourth-order valence-corrected chi connectivity index (χ4v) is 3.98. The fraction of sp³-hybridized carbons (Fsp3) is 0.421. The summed E-state index contributed by atoms with van der Waals surface area (Å²) in [4.78, 5) is 23.0. The number of benzene rings is 1. The summed E-state index contributed by atoms with van der Waals surface area (Å²) in [6.07, 6.45) is 2.77. The Hall–Kier alpha value is -2.15. The molecule has 0 unspecified atom stereocenters. The Morgan fingerprint density at radius 1 is 1.27 bits per heavy atom. The van der Waals surface area contributed by atoms with Gasteiger partial charge in [-0.1, -0.05) is 37.7 Å². The van der Waals surface area contributed by atoms with E-state index >= 15 is 0 Å². The van der Waals surface area contributed by atoms with Gasteiger partial charge in [-0.25, -0.2) is 14.4 Å². The van der Waals surface area contributed by atoms with E-state index in [1.165, 1.54) is 30.6 Å². The second kappa shape index (κ2) is 8.49. The standard InChI is InChI=1S/C19H23FN4OS/c1-13-7-14(2)10-24(9-13)17-8-19(22-12-21-17)26-11-18(25)23-16-6-4-3-5-15(16)20/h3-6,8,12-14H,7,9-11H2,1-2H3,(H,23,25)/t13-,14-/m1/s1. The molecule has 1 aliphatic rings. The van der Waals surface area contributed by atoms with Gasteiger partial charge in [-0.05, 0) is 30.4 Å². The first-order valence-electron chi connectivity index (χ1n) is 8.75. The number of thioether (sulfide) groups is 1. The molecular formula is C19H23FN4OS. The monoisotopic (exact) mass is 374 g/mol. The number of hydrogen-bond donors (Lipinski definition) is 1. The number of piperidine rings is 1. The zero-order valence-electron chi connectivity index (χ0n) is 15.0. The lowest BCUT2D eigenvalue weighted by molar-refractivity contribution is -0.113. The van der Waals surface area contributed by atoms with Crippen molar-refractivity contribution in [3.05, 3.63) is 42.5 Å². The first-order valence-corrected chi connectivity index (χ1v) is 9.74. The molecule has 1 fully saturated rings. The third-order valence-corrected chi connectivity index (χ3v) is 5.25. The average Bonchev–Trinajstić information content (AvgIpc) is 2.61. The number of halogens is 1. The van der Waals surface area contributed by atoms with Crippen molar-refractivity contribution in [2.45, 2.75) is 25.3 Å². The molecule has 1 aliphatic heterocycles. The topological polar surface area (TPSA) is 58.1 Å². The Labute approximate surface area is 157 Å². The van der Waals surface area contributed by atoms with Crippen LogP contribution in [0.3, 0.4) is 0 Å². The van der Waals surface area contributed by atoms with Crippen molar-refractivity contribution in [3.8, 4) is 0 Å². The molecule has 2 heterocycles. The summed E-state index contributed by atoms with van der Waals surface area (Å²) in [5.74, 6) is 1.63. The van der Waals surface area contributed by atoms with Gasteiger partial charge in [0.05, 0.1) is 11.4 Å². The predicted molar refractivity (Wildman–Crippen MR) is 103 cm³/mol. The van der Waals surface area contributed by atoms with E-state index in [1.807, 2.05) is 6.07 Å². The van der Waals surface area contributed by atoms with E-state index < -0.39 is 5.82 Å². The number of carbonyl (C=O) groups excluding carboxylic acids is 1. The van der Waals surface area contributed by atoms with Crippen molar-refractivity contribution >= 4 is 29.2 Å². The Kier molecular flexibility index (Phi) is 6.08. The first kappa shape index (κ1) is 18.6. The summed E-state index contributed by atoms with van der Waals surface area (Å²) in [5.41, 5.74) is 0.192. The summed E-state index contributed by atoms with van der Waals surface area (Å²) in [6, 6.07) is 8.05. The van der Waals surface area contributed by atoms with Gasteiger partial charge in [0.2, 0.25) is 5.91 Å². The zero-order valence-corrected chi connectivity index (χ0v) is 15.8. The first-order chi connectivity index (χ1) is 12.5. The van der Waals surface area contributed by atoms with Crippen LogP contribution in [0.25, 0.3) is 0 Å². The molecule has 5 nitrogen and oxygen atoms in total. The van der Waals surface area contributed by atoms with Crippen molar-refractivity contribution < 1.29 is 9.18 Å². The average molecular weight is 374 g/mol. The molecule has 7 heteroatoms. The second-order valence-corrected chi connectivity index (χ2v) is 7.88. The maximum absolute atomic E-state index is 13.6. The van der Waals surface area contributed by atoms with E-state index in [0.29, 0.717) is 11.8 Å². The summed E-state index contributed by atoms with van der Waals surface area (Å²) >= 11 is 1.32. The smallest absolute Gasteiger partial charge is 0.234 e. The highest BCUT2D eigenvalue weighted by Gasteiger charge is 2.23. The Balaban J connectivity index is 1.58. The van der Waals surface area contributed by atoms with Crippen LogP contribution in [-0.4, -0.2) is 34.7 Å². The van der Waals surface area contributed by atoms with Crippen LogP contribution in [0.5, 0.6) is 0 Å². The highest BCUT2D eigenvalue weighted by molar-refractivity contribution is 7.99. The normalized spacial score (nSPS) is 20.0. The van der Waals surface area contributed by atoms with E-state index in [4.69, 9.17) is 0 Å². The third kappa shape index (κ3) is 4.94. The maximum atomic E-state index is 13.6. The number of nitrogens with one attached hydrogen (secondary N) is 1. The highest BCUT2D eigenvalue weighted by atomic mass is 32.2. The number of nitrogens with zero attached hydrogens (tertiary/aromatic N) is 3. The molecule has 2 atom stereocenters. The van der Waals surface area contributed by atoms with Crippen LogP contribution in [0, 0.1) is 17.7 Å². The van der Waals surface area contributed by atoms with E-state index in [-0.39, 0.29) is 17.3 Å². The lowest BCUT2D eigenvalue weighted by Crippen LogP contribution is -2.39. The van der Waals surface area contributed by atoms with Crippen LogP contribution in [-0.2, 0) is 4.79 Å². The van der Waals surface area contributed by atoms with Gasteiger partial charge in [-0.15, -0.1) is 0 Å². The summed E-state index contributed by atoms with van der Waals surface area (Å²) < 4.78 is 13.6. The molecule has 0 radical (unpaired) electrons. The highest BCUT2D eigenvalue weighted by Crippen LogP contribution is 2.27. The lowest BCUT2D eigenvalue weighted by atomic mass is 9.92. The third-order valence-electron chi connectivity index (χ3n) is 4.32. The molecule has 0 saturated carbocycles. The molecule has 2 aromatic rings. The van der Waals surface area contributed by atoms with Crippen LogP contribution in [0.1, 0.15) is 20.3 Å². The van der Waals surface area contributed by atoms with Gasteiger partial charge in [0.25, 0.3) is 0 Å². The minimum Gasteiger partial charge on any atom is -0.356 e. The van der Waals surface area contributed by atoms with E-state index in [2.05, 4.69) is 34.0 Å². The maximum Gasteiger partial charge on any atom is 0.234 e. The molecule has 0 aliphatic carbocycles. The minimum absolute atomic E-state index is 0.164. The lowest BCUT2D eigenvalue weighted by Gasteiger charge is -2.35. The number of hydrogen-bond acceptors (Lipinski definition) is 5. The van der Waals surface area contributed by atoms with Crippen molar-refractivity contribution in [2.75, 3.05) is 29.1 Å². The van der Waals surface area contributed by atoms with Crippen LogP contribution in [0.2, 0.25) is 0 Å².